The van der Waals surface area contributed by atoms with Crippen LogP contribution in [0.15, 0.2) is 18.2 Å². The summed E-state index contributed by atoms with van der Waals surface area (Å²) in [7, 11) is 0. The van der Waals surface area contributed by atoms with E-state index in [1.54, 1.807) is 6.07 Å². The second-order valence-electron chi connectivity index (χ2n) is 4.73. The van der Waals surface area contributed by atoms with Gasteiger partial charge in [-0.1, -0.05) is 49.8 Å². The zero-order valence-corrected chi connectivity index (χ0v) is 10.5. The van der Waals surface area contributed by atoms with Crippen molar-refractivity contribution < 1.29 is 9.18 Å². The summed E-state index contributed by atoms with van der Waals surface area (Å²) < 4.78 is 13.2. The van der Waals surface area contributed by atoms with Crippen LogP contribution >= 0.6 is 11.6 Å². The summed E-state index contributed by atoms with van der Waals surface area (Å²) in [6, 6.07) is 4.42. The van der Waals surface area contributed by atoms with Gasteiger partial charge in [0.15, 0.2) is 5.78 Å². The molecule has 17 heavy (non-hydrogen) atoms. The molecule has 1 saturated carbocycles. The highest BCUT2D eigenvalue weighted by atomic mass is 35.5. The topological polar surface area (TPSA) is 17.1 Å². The maximum Gasteiger partial charge on any atom is 0.164 e. The van der Waals surface area contributed by atoms with E-state index >= 15 is 0 Å². The van der Waals surface area contributed by atoms with Gasteiger partial charge in [0, 0.05) is 12.0 Å². The van der Waals surface area contributed by atoms with Crippen LogP contribution in [0.25, 0.3) is 0 Å². The minimum absolute atomic E-state index is 0.0265. The average molecular weight is 255 g/mol. The Balaban J connectivity index is 2.06. The molecule has 1 nitrogen and oxygen atoms in total. The predicted octanol–water partition coefficient (Wildman–Crippen LogP) is 4.63. The van der Waals surface area contributed by atoms with Gasteiger partial charge < -0.3 is 0 Å². The Bertz CT molecular complexity index is 411. The second-order valence-corrected chi connectivity index (χ2v) is 5.11. The van der Waals surface area contributed by atoms with Crippen molar-refractivity contribution >= 4 is 17.4 Å². The summed E-state index contributed by atoms with van der Waals surface area (Å²) in [5.74, 6) is -0.0851. The molecule has 1 aromatic rings. The molecule has 1 aliphatic carbocycles. The third kappa shape index (κ3) is 3.06. The van der Waals surface area contributed by atoms with Gasteiger partial charge in [-0.15, -0.1) is 0 Å². The smallest absolute Gasteiger partial charge is 0.164 e. The van der Waals surface area contributed by atoms with Crippen LogP contribution in [-0.4, -0.2) is 5.78 Å². The van der Waals surface area contributed by atoms with Gasteiger partial charge in [0.1, 0.15) is 5.82 Å². The van der Waals surface area contributed by atoms with Crippen LogP contribution in [0.2, 0.25) is 5.02 Å². The van der Waals surface area contributed by atoms with Gasteiger partial charge in [0.2, 0.25) is 0 Å². The minimum atomic E-state index is -0.513. The highest BCUT2D eigenvalue weighted by Gasteiger charge is 2.20. The number of hydrogen-bond donors (Lipinski definition) is 0. The van der Waals surface area contributed by atoms with E-state index in [2.05, 4.69) is 0 Å². The molecule has 0 aromatic heterocycles. The maximum atomic E-state index is 13.2. The second kappa shape index (κ2) is 5.63. The van der Waals surface area contributed by atoms with Crippen LogP contribution in [-0.2, 0) is 0 Å². The normalized spacial score (nSPS) is 17.1. The van der Waals surface area contributed by atoms with E-state index < -0.39 is 5.82 Å². The Labute approximate surface area is 106 Å². The molecule has 0 amide bonds. The molecule has 2 rings (SSSR count). The molecule has 0 bridgehead atoms. The highest BCUT2D eigenvalue weighted by Crippen LogP contribution is 2.29. The van der Waals surface area contributed by atoms with Gasteiger partial charge in [-0.25, -0.2) is 4.39 Å². The van der Waals surface area contributed by atoms with Gasteiger partial charge in [0.25, 0.3) is 0 Å². The molecule has 1 fully saturated rings. The van der Waals surface area contributed by atoms with E-state index in [0.29, 0.717) is 17.9 Å². The number of halogens is 2. The fraction of sp³-hybridized carbons (Fsp3) is 0.500. The first-order valence-corrected chi connectivity index (χ1v) is 6.53. The lowest BCUT2D eigenvalue weighted by Crippen LogP contribution is -2.12. The van der Waals surface area contributed by atoms with E-state index in [0.717, 1.165) is 12.8 Å². The molecular weight excluding hydrogens is 239 g/mol. The van der Waals surface area contributed by atoms with Crippen molar-refractivity contribution in [2.75, 3.05) is 0 Å². The molecule has 0 radical (unpaired) electrons. The fourth-order valence-corrected chi connectivity index (χ4v) is 2.71. The van der Waals surface area contributed by atoms with Gasteiger partial charge in [0.05, 0.1) is 5.02 Å². The van der Waals surface area contributed by atoms with E-state index in [1.807, 2.05) is 0 Å². The van der Waals surface area contributed by atoms with Crippen LogP contribution in [0.5, 0.6) is 0 Å². The number of rotatable bonds is 3. The van der Waals surface area contributed by atoms with Crippen molar-refractivity contribution in [3.8, 4) is 0 Å². The molecule has 1 aliphatic rings. The lowest BCUT2D eigenvalue weighted by atomic mass is 9.85. The van der Waals surface area contributed by atoms with E-state index in [4.69, 9.17) is 11.6 Å². The fourth-order valence-electron chi connectivity index (χ4n) is 2.48. The summed E-state index contributed by atoms with van der Waals surface area (Å²) in [5.41, 5.74) is 0.331. The van der Waals surface area contributed by atoms with Crippen LogP contribution < -0.4 is 0 Å². The quantitative estimate of drug-likeness (QED) is 0.719. The zero-order valence-electron chi connectivity index (χ0n) is 9.72. The Morgan fingerprint density at radius 2 is 2.00 bits per heavy atom. The van der Waals surface area contributed by atoms with E-state index in [1.165, 1.54) is 31.4 Å². The molecule has 1 aromatic carbocycles. The minimum Gasteiger partial charge on any atom is -0.294 e. The average Bonchev–Trinajstić information content (AvgIpc) is 2.34. The monoisotopic (exact) mass is 254 g/mol. The molecule has 0 N–H and O–H groups in total. The maximum absolute atomic E-state index is 13.2. The Hall–Kier alpha value is -0.890. The van der Waals surface area contributed by atoms with Crippen LogP contribution in [0.3, 0.4) is 0 Å². The Morgan fingerprint density at radius 1 is 1.29 bits per heavy atom. The number of carbonyl (C=O) groups is 1. The first-order valence-electron chi connectivity index (χ1n) is 6.15. The number of ketones is 1. The van der Waals surface area contributed by atoms with Gasteiger partial charge in [-0.05, 0) is 18.1 Å². The Morgan fingerprint density at radius 3 is 2.71 bits per heavy atom. The number of hydrogen-bond acceptors (Lipinski definition) is 1. The van der Waals surface area contributed by atoms with E-state index in [9.17, 15) is 9.18 Å². The summed E-state index contributed by atoms with van der Waals surface area (Å²) in [4.78, 5) is 12.0. The van der Waals surface area contributed by atoms with Crippen molar-refractivity contribution in [1.29, 1.82) is 0 Å². The van der Waals surface area contributed by atoms with Crippen LogP contribution in [0, 0.1) is 11.7 Å². The molecule has 0 saturated heterocycles. The third-order valence-electron chi connectivity index (χ3n) is 3.45. The van der Waals surface area contributed by atoms with Crippen molar-refractivity contribution in [2.24, 2.45) is 5.92 Å². The summed E-state index contributed by atoms with van der Waals surface area (Å²) in [6.07, 6.45) is 6.40. The van der Waals surface area contributed by atoms with Gasteiger partial charge in [-0.3, -0.25) is 4.79 Å². The van der Waals surface area contributed by atoms with Crippen molar-refractivity contribution in [1.82, 2.24) is 0 Å². The lowest BCUT2D eigenvalue weighted by molar-refractivity contribution is 0.0950. The van der Waals surface area contributed by atoms with Crippen molar-refractivity contribution in [2.45, 2.75) is 38.5 Å². The highest BCUT2D eigenvalue weighted by molar-refractivity contribution is 6.34. The van der Waals surface area contributed by atoms with E-state index in [-0.39, 0.29) is 10.8 Å². The number of benzene rings is 1. The molecule has 3 heteroatoms. The molecule has 0 heterocycles. The van der Waals surface area contributed by atoms with Crippen LogP contribution in [0.4, 0.5) is 4.39 Å². The summed E-state index contributed by atoms with van der Waals surface area (Å²) in [5, 5.41) is -0.0340. The first-order chi connectivity index (χ1) is 8.18. The third-order valence-corrected chi connectivity index (χ3v) is 3.83. The molecule has 0 unspecified atom stereocenters. The largest absolute Gasteiger partial charge is 0.294 e. The standard InChI is InChI=1S/C14H16ClFO/c15-14-11(7-4-8-12(14)16)13(17)9-10-5-2-1-3-6-10/h4,7-8,10H,1-3,5-6,9H2. The van der Waals surface area contributed by atoms with Gasteiger partial charge in [-0.2, -0.15) is 0 Å². The lowest BCUT2D eigenvalue weighted by Gasteiger charge is -2.20. The summed E-state index contributed by atoms with van der Waals surface area (Å²) >= 11 is 5.81. The van der Waals surface area contributed by atoms with Crippen molar-refractivity contribution in [3.63, 3.8) is 0 Å². The Kier molecular flexibility index (Phi) is 4.16. The number of carbonyl (C=O) groups excluding carboxylic acids is 1. The predicted molar refractivity (Wildman–Crippen MR) is 66.9 cm³/mol. The molecule has 0 atom stereocenters. The zero-order chi connectivity index (χ0) is 12.3. The summed E-state index contributed by atoms with van der Waals surface area (Å²) in [6.45, 7) is 0. The molecule has 92 valence electrons. The van der Waals surface area contributed by atoms with Gasteiger partial charge >= 0.3 is 0 Å². The molecular formula is C14H16ClFO. The number of Topliss-reactive ketones (excluding diaryl/α,β-unsaturated/α-hetero) is 1. The first kappa shape index (κ1) is 12.6. The molecule has 0 aliphatic heterocycles. The molecule has 0 spiro atoms. The van der Waals surface area contributed by atoms with Crippen molar-refractivity contribution in [3.05, 3.63) is 34.6 Å². The SMILES string of the molecule is O=C(CC1CCCCC1)c1cccc(F)c1Cl. The van der Waals surface area contributed by atoms with Crippen LogP contribution in [0.1, 0.15) is 48.9 Å².